The van der Waals surface area contributed by atoms with Crippen molar-refractivity contribution in [1.82, 2.24) is 10.2 Å². The van der Waals surface area contributed by atoms with Crippen LogP contribution in [0.4, 0.5) is 5.69 Å². The van der Waals surface area contributed by atoms with Gasteiger partial charge in [-0.05, 0) is 56.5 Å². The number of methoxy groups -OCH3 is 1. The molecule has 0 radical (unpaired) electrons. The Morgan fingerprint density at radius 1 is 1.11 bits per heavy atom. The third-order valence-electron chi connectivity index (χ3n) is 6.11. The van der Waals surface area contributed by atoms with Crippen molar-refractivity contribution in [1.29, 1.82) is 0 Å². The average Bonchev–Trinajstić information content (AvgIpc) is 3.24. The Labute approximate surface area is 209 Å². The fourth-order valence-corrected chi connectivity index (χ4v) is 5.31. The quantitative estimate of drug-likeness (QED) is 0.604. The topological polar surface area (TPSA) is 100 Å². The lowest BCUT2D eigenvalue weighted by Gasteiger charge is -2.27. The zero-order chi connectivity index (χ0) is 24.8. The van der Waals surface area contributed by atoms with Crippen LogP contribution in [0.5, 0.6) is 5.75 Å². The fourth-order valence-electron chi connectivity index (χ4n) is 4.20. The molecular formula is C26H30N4O4S. The summed E-state index contributed by atoms with van der Waals surface area (Å²) < 4.78 is 5.37. The molecular weight excluding hydrogens is 464 g/mol. The maximum Gasteiger partial charge on any atom is 0.262 e. The van der Waals surface area contributed by atoms with Crippen molar-refractivity contribution in [2.24, 2.45) is 4.99 Å². The van der Waals surface area contributed by atoms with E-state index in [0.717, 1.165) is 36.7 Å². The molecule has 9 heteroatoms. The zero-order valence-electron chi connectivity index (χ0n) is 20.0. The summed E-state index contributed by atoms with van der Waals surface area (Å²) in [6, 6.07) is 14.0. The Balaban J connectivity index is 1.28. The van der Waals surface area contributed by atoms with Crippen LogP contribution < -0.4 is 15.4 Å². The number of benzene rings is 2. The molecule has 2 atom stereocenters. The Morgan fingerprint density at radius 3 is 2.54 bits per heavy atom. The Hall–Kier alpha value is -3.33. The normalized spacial score (nSPS) is 18.6. The second kappa shape index (κ2) is 11.4. The molecule has 35 heavy (non-hydrogen) atoms. The number of para-hydroxylation sites is 1. The second-order valence-electron chi connectivity index (χ2n) is 8.65. The lowest BCUT2D eigenvalue weighted by molar-refractivity contribution is -0.121. The highest BCUT2D eigenvalue weighted by Crippen LogP contribution is 2.29. The van der Waals surface area contributed by atoms with Gasteiger partial charge in [0.25, 0.3) is 11.8 Å². The van der Waals surface area contributed by atoms with Gasteiger partial charge in [-0.3, -0.25) is 14.4 Å². The van der Waals surface area contributed by atoms with Crippen LogP contribution in [0.25, 0.3) is 0 Å². The van der Waals surface area contributed by atoms with E-state index >= 15 is 0 Å². The van der Waals surface area contributed by atoms with Gasteiger partial charge in [0.15, 0.2) is 5.17 Å². The number of likely N-dealkylation sites (tertiary alicyclic amines) is 1. The molecule has 1 fully saturated rings. The number of piperidine rings is 1. The standard InChI is InChI=1S/C26H30N4O4S/c1-17(20-8-4-5-9-21(20)34-2)27-24(32)18-10-12-19(13-11-18)28-23(31)16-22-25(33)29-26(35-22)30-14-6-3-7-15-30/h4-5,8-13,17,22H,3,6-7,14-16H2,1-2H3,(H,27,32)(H,28,31). The minimum absolute atomic E-state index is 0.0585. The molecule has 2 aliphatic rings. The highest BCUT2D eigenvalue weighted by molar-refractivity contribution is 8.15. The summed E-state index contributed by atoms with van der Waals surface area (Å²) in [6.45, 7) is 3.72. The van der Waals surface area contributed by atoms with Gasteiger partial charge in [0, 0.05) is 36.3 Å². The van der Waals surface area contributed by atoms with Gasteiger partial charge in [-0.1, -0.05) is 30.0 Å². The molecule has 2 aliphatic heterocycles. The summed E-state index contributed by atoms with van der Waals surface area (Å²) in [5.74, 6) is -0.0165. The van der Waals surface area contributed by atoms with Crippen molar-refractivity contribution in [2.75, 3.05) is 25.5 Å². The Morgan fingerprint density at radius 2 is 1.83 bits per heavy atom. The van der Waals surface area contributed by atoms with Crippen molar-refractivity contribution in [2.45, 2.75) is 43.9 Å². The number of hydrogen-bond donors (Lipinski definition) is 2. The van der Waals surface area contributed by atoms with Crippen molar-refractivity contribution in [3.8, 4) is 5.75 Å². The van der Waals surface area contributed by atoms with Gasteiger partial charge in [-0.15, -0.1) is 0 Å². The minimum atomic E-state index is -0.492. The number of nitrogens with one attached hydrogen (secondary N) is 2. The molecule has 0 saturated carbocycles. The summed E-state index contributed by atoms with van der Waals surface area (Å²) in [5.41, 5.74) is 1.93. The number of aliphatic imine (C=N–C) groups is 1. The first kappa shape index (κ1) is 24.8. The van der Waals surface area contributed by atoms with E-state index in [-0.39, 0.29) is 30.2 Å². The third kappa shape index (κ3) is 6.22. The highest BCUT2D eigenvalue weighted by Gasteiger charge is 2.33. The van der Waals surface area contributed by atoms with Crippen LogP contribution in [-0.4, -0.2) is 53.2 Å². The van der Waals surface area contributed by atoms with Gasteiger partial charge >= 0.3 is 0 Å². The molecule has 1 saturated heterocycles. The molecule has 0 aliphatic carbocycles. The van der Waals surface area contributed by atoms with E-state index in [1.54, 1.807) is 31.4 Å². The lowest BCUT2D eigenvalue weighted by Crippen LogP contribution is -2.33. The zero-order valence-corrected chi connectivity index (χ0v) is 20.8. The van der Waals surface area contributed by atoms with Gasteiger partial charge in [-0.25, -0.2) is 0 Å². The number of amides is 3. The lowest BCUT2D eigenvalue weighted by atomic mass is 10.1. The molecule has 2 aromatic rings. The van der Waals surface area contributed by atoms with E-state index in [0.29, 0.717) is 17.0 Å². The van der Waals surface area contributed by atoms with Crippen LogP contribution >= 0.6 is 11.8 Å². The number of carbonyl (C=O) groups excluding carboxylic acids is 3. The average molecular weight is 495 g/mol. The summed E-state index contributed by atoms with van der Waals surface area (Å²) in [4.78, 5) is 43.9. The van der Waals surface area contributed by atoms with Crippen LogP contribution in [0, 0.1) is 0 Å². The first-order chi connectivity index (χ1) is 16.9. The number of anilines is 1. The summed E-state index contributed by atoms with van der Waals surface area (Å²) in [5, 5.41) is 6.03. The van der Waals surface area contributed by atoms with Gasteiger partial charge in [-0.2, -0.15) is 4.99 Å². The second-order valence-corrected chi connectivity index (χ2v) is 9.82. The molecule has 0 bridgehead atoms. The number of ether oxygens (including phenoxy) is 1. The molecule has 4 rings (SSSR count). The molecule has 184 valence electrons. The Bertz CT molecular complexity index is 1110. The van der Waals surface area contributed by atoms with Crippen molar-refractivity contribution >= 4 is 40.3 Å². The van der Waals surface area contributed by atoms with Crippen LogP contribution in [0.1, 0.15) is 54.6 Å². The SMILES string of the molecule is COc1ccccc1C(C)NC(=O)c1ccc(NC(=O)CC2SC(N3CCCCC3)=NC2=O)cc1. The van der Waals surface area contributed by atoms with E-state index in [1.807, 2.05) is 31.2 Å². The fraction of sp³-hybridized carbons (Fsp3) is 0.385. The predicted molar refractivity (Wildman–Crippen MR) is 138 cm³/mol. The molecule has 0 spiro atoms. The first-order valence-electron chi connectivity index (χ1n) is 11.8. The van der Waals surface area contributed by atoms with Gasteiger partial charge in [0.1, 0.15) is 11.0 Å². The number of nitrogens with zero attached hydrogens (tertiary/aromatic N) is 2. The minimum Gasteiger partial charge on any atom is -0.496 e. The molecule has 0 aromatic heterocycles. The smallest absolute Gasteiger partial charge is 0.262 e. The van der Waals surface area contributed by atoms with Crippen LogP contribution in [0.2, 0.25) is 0 Å². The van der Waals surface area contributed by atoms with E-state index in [9.17, 15) is 14.4 Å². The van der Waals surface area contributed by atoms with Gasteiger partial charge < -0.3 is 20.3 Å². The Kier molecular flexibility index (Phi) is 8.07. The monoisotopic (exact) mass is 494 g/mol. The molecule has 2 aromatic carbocycles. The predicted octanol–water partition coefficient (Wildman–Crippen LogP) is 4.00. The molecule has 2 N–H and O–H groups in total. The number of amidine groups is 1. The number of rotatable bonds is 7. The molecule has 2 unspecified atom stereocenters. The maximum absolute atomic E-state index is 12.7. The molecule has 3 amide bonds. The van der Waals surface area contributed by atoms with E-state index < -0.39 is 5.25 Å². The highest BCUT2D eigenvalue weighted by atomic mass is 32.2. The molecule has 2 heterocycles. The summed E-state index contributed by atoms with van der Waals surface area (Å²) >= 11 is 1.38. The molecule has 8 nitrogen and oxygen atoms in total. The van der Waals surface area contributed by atoms with E-state index in [4.69, 9.17) is 4.74 Å². The van der Waals surface area contributed by atoms with Crippen LogP contribution in [0.3, 0.4) is 0 Å². The van der Waals surface area contributed by atoms with Gasteiger partial charge in [0.05, 0.1) is 13.2 Å². The third-order valence-corrected chi connectivity index (χ3v) is 7.32. The van der Waals surface area contributed by atoms with Crippen LogP contribution in [-0.2, 0) is 9.59 Å². The summed E-state index contributed by atoms with van der Waals surface area (Å²) in [6.07, 6.45) is 3.47. The van der Waals surface area contributed by atoms with E-state index in [2.05, 4.69) is 20.5 Å². The van der Waals surface area contributed by atoms with Gasteiger partial charge in [0.2, 0.25) is 5.91 Å². The van der Waals surface area contributed by atoms with Crippen molar-refractivity contribution in [3.63, 3.8) is 0 Å². The maximum atomic E-state index is 12.7. The largest absolute Gasteiger partial charge is 0.496 e. The van der Waals surface area contributed by atoms with E-state index in [1.165, 1.54) is 18.2 Å². The van der Waals surface area contributed by atoms with Crippen LogP contribution in [0.15, 0.2) is 53.5 Å². The number of carbonyl (C=O) groups is 3. The van der Waals surface area contributed by atoms with Crippen molar-refractivity contribution < 1.29 is 19.1 Å². The first-order valence-corrected chi connectivity index (χ1v) is 12.7. The summed E-state index contributed by atoms with van der Waals surface area (Å²) in [7, 11) is 1.60. The number of thioether (sulfide) groups is 1. The van der Waals surface area contributed by atoms with Crippen molar-refractivity contribution in [3.05, 3.63) is 59.7 Å². The number of hydrogen-bond acceptors (Lipinski definition) is 6.